The third kappa shape index (κ3) is 4.62. The van der Waals surface area contributed by atoms with Crippen LogP contribution in [0.1, 0.15) is 34.5 Å². The average Bonchev–Trinajstić information content (AvgIpc) is 3.21. The fraction of sp³-hybridized carbons (Fsp3) is 0.350. The molecule has 142 valence electrons. The van der Waals surface area contributed by atoms with E-state index in [0.717, 1.165) is 17.7 Å². The minimum atomic E-state index is -0.221. The molecule has 1 aliphatic rings. The number of nitrogens with one attached hydrogen (secondary N) is 1. The Morgan fingerprint density at radius 2 is 2.15 bits per heavy atom. The molecule has 2 heterocycles. The minimum Gasteiger partial charge on any atom is -0.370 e. The van der Waals surface area contributed by atoms with E-state index in [2.05, 4.69) is 17.0 Å². The first kappa shape index (κ1) is 18.8. The Labute approximate surface area is 158 Å². The van der Waals surface area contributed by atoms with Gasteiger partial charge >= 0.3 is 0 Å². The molecule has 3 rings (SSSR count). The molecule has 1 fully saturated rings. The van der Waals surface area contributed by atoms with E-state index < -0.39 is 0 Å². The molecule has 7 nitrogen and oxygen atoms in total. The van der Waals surface area contributed by atoms with Gasteiger partial charge in [-0.25, -0.2) is 0 Å². The van der Waals surface area contributed by atoms with Crippen molar-refractivity contribution in [1.29, 1.82) is 0 Å². The van der Waals surface area contributed by atoms with Crippen LogP contribution in [0.15, 0.2) is 49.3 Å². The summed E-state index contributed by atoms with van der Waals surface area (Å²) in [5, 5.41) is 7.00. The lowest BCUT2D eigenvalue weighted by molar-refractivity contribution is -0.116. The molecule has 2 aromatic rings. The molecule has 0 spiro atoms. The zero-order chi connectivity index (χ0) is 19.2. The average molecular weight is 368 g/mol. The van der Waals surface area contributed by atoms with Gasteiger partial charge in [0.15, 0.2) is 0 Å². The van der Waals surface area contributed by atoms with Crippen LogP contribution in [0.3, 0.4) is 0 Å². The van der Waals surface area contributed by atoms with E-state index in [1.165, 1.54) is 6.08 Å². The van der Waals surface area contributed by atoms with E-state index >= 15 is 0 Å². The number of carbonyl (C=O) groups is 2. The molecule has 0 aliphatic carbocycles. The summed E-state index contributed by atoms with van der Waals surface area (Å²) in [4.78, 5) is 25.9. The van der Waals surface area contributed by atoms with Crippen LogP contribution in [0.25, 0.3) is 0 Å². The van der Waals surface area contributed by atoms with Gasteiger partial charge in [0.2, 0.25) is 5.91 Å². The Kier molecular flexibility index (Phi) is 6.03. The lowest BCUT2D eigenvalue weighted by Gasteiger charge is -2.32. The highest BCUT2D eigenvalue weighted by Crippen LogP contribution is 2.23. The maximum absolute atomic E-state index is 12.8. The van der Waals surface area contributed by atoms with Crippen molar-refractivity contribution in [2.24, 2.45) is 0 Å². The van der Waals surface area contributed by atoms with Gasteiger partial charge in [0.1, 0.15) is 6.10 Å². The van der Waals surface area contributed by atoms with Crippen LogP contribution in [0, 0.1) is 0 Å². The summed E-state index contributed by atoms with van der Waals surface area (Å²) in [5.74, 6) is -0.242. The van der Waals surface area contributed by atoms with Gasteiger partial charge in [-0.15, -0.1) is 0 Å². The second kappa shape index (κ2) is 8.64. The van der Waals surface area contributed by atoms with Gasteiger partial charge in [-0.05, 0) is 30.7 Å². The number of nitrogens with zero attached hydrogens (tertiary/aromatic N) is 3. The molecule has 1 N–H and O–H groups in total. The number of aromatic nitrogens is 2. The highest BCUT2D eigenvalue weighted by atomic mass is 16.5. The molecule has 2 amide bonds. The zero-order valence-electron chi connectivity index (χ0n) is 15.4. The van der Waals surface area contributed by atoms with Crippen molar-refractivity contribution >= 4 is 11.8 Å². The van der Waals surface area contributed by atoms with E-state index in [1.54, 1.807) is 18.3 Å². The maximum atomic E-state index is 12.8. The zero-order valence-corrected chi connectivity index (χ0v) is 15.4. The summed E-state index contributed by atoms with van der Waals surface area (Å²) in [6.45, 7) is 8.22. The van der Waals surface area contributed by atoms with Crippen LogP contribution in [-0.4, -0.2) is 46.2 Å². The molecule has 1 atom stereocenters. The second-order valence-electron chi connectivity index (χ2n) is 6.36. The quantitative estimate of drug-likeness (QED) is 0.791. The number of rotatable bonds is 6. The summed E-state index contributed by atoms with van der Waals surface area (Å²) in [7, 11) is 0. The number of carbonyl (C=O) groups excluding carboxylic acids is 2. The standard InChI is InChI=1S/C20H24N4O3/c1-3-19(25)21-11-15-5-7-16(8-6-15)20(26)23-9-10-27-18(14-23)17-12-22-24(4-2)13-17/h3,5-8,12-13,18H,1,4,9-11,14H2,2H3,(H,21,25). The van der Waals surface area contributed by atoms with Crippen LogP contribution < -0.4 is 5.32 Å². The summed E-state index contributed by atoms with van der Waals surface area (Å²) in [6.07, 6.45) is 4.84. The predicted molar refractivity (Wildman–Crippen MR) is 101 cm³/mol. The van der Waals surface area contributed by atoms with Crippen molar-refractivity contribution in [2.45, 2.75) is 26.1 Å². The smallest absolute Gasteiger partial charge is 0.254 e. The number of amides is 2. The first-order valence-electron chi connectivity index (χ1n) is 9.03. The Bertz CT molecular complexity index is 813. The number of morpholine rings is 1. The van der Waals surface area contributed by atoms with Gasteiger partial charge < -0.3 is 15.0 Å². The first-order chi connectivity index (χ1) is 13.1. The monoisotopic (exact) mass is 368 g/mol. The Balaban J connectivity index is 1.62. The molecule has 27 heavy (non-hydrogen) atoms. The van der Waals surface area contributed by atoms with Crippen LogP contribution >= 0.6 is 0 Å². The molecule has 1 saturated heterocycles. The van der Waals surface area contributed by atoms with Gasteiger partial charge in [0.25, 0.3) is 5.91 Å². The summed E-state index contributed by atoms with van der Waals surface area (Å²) in [6, 6.07) is 7.27. The van der Waals surface area contributed by atoms with Crippen molar-refractivity contribution in [1.82, 2.24) is 20.0 Å². The lowest BCUT2D eigenvalue weighted by atomic mass is 10.1. The van der Waals surface area contributed by atoms with Crippen molar-refractivity contribution in [3.63, 3.8) is 0 Å². The largest absolute Gasteiger partial charge is 0.370 e. The minimum absolute atomic E-state index is 0.0205. The maximum Gasteiger partial charge on any atom is 0.254 e. The molecule has 0 bridgehead atoms. The molecular formula is C20H24N4O3. The summed E-state index contributed by atoms with van der Waals surface area (Å²) < 4.78 is 7.68. The number of ether oxygens (including phenoxy) is 1. The highest BCUT2D eigenvalue weighted by molar-refractivity contribution is 5.94. The van der Waals surface area contributed by atoms with E-state index in [4.69, 9.17) is 4.74 Å². The Morgan fingerprint density at radius 3 is 2.81 bits per heavy atom. The van der Waals surface area contributed by atoms with E-state index in [9.17, 15) is 9.59 Å². The number of benzene rings is 1. The number of hydrogen-bond donors (Lipinski definition) is 1. The van der Waals surface area contributed by atoms with Crippen LogP contribution in [0.5, 0.6) is 0 Å². The van der Waals surface area contributed by atoms with Crippen molar-refractivity contribution in [3.8, 4) is 0 Å². The van der Waals surface area contributed by atoms with Gasteiger partial charge in [0.05, 0.1) is 19.3 Å². The molecular weight excluding hydrogens is 344 g/mol. The fourth-order valence-electron chi connectivity index (χ4n) is 2.96. The predicted octanol–water partition coefficient (Wildman–Crippen LogP) is 1.92. The van der Waals surface area contributed by atoms with Crippen molar-refractivity contribution in [3.05, 3.63) is 66.0 Å². The van der Waals surface area contributed by atoms with E-state index in [0.29, 0.717) is 31.8 Å². The van der Waals surface area contributed by atoms with Gasteiger partial charge in [-0.3, -0.25) is 14.3 Å². The highest BCUT2D eigenvalue weighted by Gasteiger charge is 2.27. The topological polar surface area (TPSA) is 76.5 Å². The van der Waals surface area contributed by atoms with Crippen molar-refractivity contribution < 1.29 is 14.3 Å². The first-order valence-corrected chi connectivity index (χ1v) is 9.03. The summed E-state index contributed by atoms with van der Waals surface area (Å²) in [5.41, 5.74) is 2.54. The number of hydrogen-bond acceptors (Lipinski definition) is 4. The summed E-state index contributed by atoms with van der Waals surface area (Å²) >= 11 is 0. The molecule has 1 aromatic heterocycles. The molecule has 7 heteroatoms. The van der Waals surface area contributed by atoms with Gasteiger partial charge in [-0.2, -0.15) is 5.10 Å². The molecule has 1 unspecified atom stereocenters. The second-order valence-corrected chi connectivity index (χ2v) is 6.36. The SMILES string of the molecule is C=CC(=O)NCc1ccc(C(=O)N2CCOC(c3cnn(CC)c3)C2)cc1. The molecule has 1 aromatic carbocycles. The van der Waals surface area contributed by atoms with Gasteiger partial charge in [0, 0.05) is 37.0 Å². The third-order valence-electron chi connectivity index (χ3n) is 4.56. The Morgan fingerprint density at radius 1 is 1.37 bits per heavy atom. The van der Waals surface area contributed by atoms with E-state index in [1.807, 2.05) is 34.8 Å². The van der Waals surface area contributed by atoms with Crippen LogP contribution in [0.2, 0.25) is 0 Å². The Hall–Kier alpha value is -2.93. The molecule has 0 saturated carbocycles. The third-order valence-corrected chi connectivity index (χ3v) is 4.56. The van der Waals surface area contributed by atoms with Crippen LogP contribution in [-0.2, 0) is 22.6 Å². The lowest BCUT2D eigenvalue weighted by Crippen LogP contribution is -2.42. The van der Waals surface area contributed by atoms with Crippen LogP contribution in [0.4, 0.5) is 0 Å². The normalized spacial score (nSPS) is 16.8. The van der Waals surface area contributed by atoms with Gasteiger partial charge in [-0.1, -0.05) is 18.7 Å². The fourth-order valence-corrected chi connectivity index (χ4v) is 2.96. The van der Waals surface area contributed by atoms with E-state index in [-0.39, 0.29) is 17.9 Å². The molecule has 1 aliphatic heterocycles. The molecule has 0 radical (unpaired) electrons. The van der Waals surface area contributed by atoms with Crippen molar-refractivity contribution in [2.75, 3.05) is 19.7 Å². The number of aryl methyl sites for hydroxylation is 1.